The van der Waals surface area contributed by atoms with Crippen molar-refractivity contribution in [3.63, 3.8) is 0 Å². The van der Waals surface area contributed by atoms with Gasteiger partial charge in [-0.15, -0.1) is 11.3 Å². The number of rotatable bonds is 14. The van der Waals surface area contributed by atoms with E-state index in [2.05, 4.69) is 10.3 Å². The number of fused-ring (bicyclic) bond motifs is 1. The zero-order chi connectivity index (χ0) is 33.5. The molecule has 0 radical (unpaired) electrons. The van der Waals surface area contributed by atoms with Gasteiger partial charge in [-0.2, -0.15) is 0 Å². The zero-order valence-electron chi connectivity index (χ0n) is 27.8. The Bertz CT molecular complexity index is 1540. The Morgan fingerprint density at radius 2 is 1.62 bits per heavy atom. The molecule has 1 aromatic heterocycles. The second-order valence-corrected chi connectivity index (χ2v) is 13.5. The van der Waals surface area contributed by atoms with Crippen molar-refractivity contribution in [2.75, 3.05) is 33.2 Å². The number of nitrogens with zero attached hydrogens (tertiary/aromatic N) is 3. The summed E-state index contributed by atoms with van der Waals surface area (Å²) >= 11 is 1.52. The number of hydrogen-bond acceptors (Lipinski definition) is 8. The van der Waals surface area contributed by atoms with Gasteiger partial charge in [0.05, 0.1) is 15.2 Å². The molecule has 244 valence electrons. The highest BCUT2D eigenvalue weighted by Gasteiger charge is 2.38. The molecule has 11 heteroatoms. The van der Waals surface area contributed by atoms with Crippen LogP contribution in [0.5, 0.6) is 5.75 Å². The van der Waals surface area contributed by atoms with Crippen LogP contribution in [0.15, 0.2) is 40.5 Å². The number of nitrogens with one attached hydrogen (secondary N) is 1. The maximum Gasteiger partial charge on any atom is 0.415 e. The van der Waals surface area contributed by atoms with Crippen LogP contribution < -0.4 is 10.1 Å². The van der Waals surface area contributed by atoms with Gasteiger partial charge < -0.3 is 19.9 Å². The molecule has 1 heterocycles. The van der Waals surface area contributed by atoms with Gasteiger partial charge in [-0.25, -0.2) is 9.78 Å². The monoisotopic (exact) mass is 638 g/mol. The van der Waals surface area contributed by atoms with Crippen LogP contribution in [0.1, 0.15) is 78.7 Å². The van der Waals surface area contributed by atoms with E-state index in [-0.39, 0.29) is 42.9 Å². The molecule has 0 fully saturated rings. The van der Waals surface area contributed by atoms with Gasteiger partial charge in [0.2, 0.25) is 11.8 Å². The molecule has 1 aliphatic carbocycles. The number of aryl methyl sites for hydroxylation is 1. The highest BCUT2D eigenvalue weighted by molar-refractivity contribution is 7.18. The Morgan fingerprint density at radius 3 is 2.31 bits per heavy atom. The molecule has 45 heavy (non-hydrogen) atoms. The largest absolute Gasteiger partial charge is 0.415 e. The molecule has 0 bridgehead atoms. The molecule has 1 N–H and O–H groups in total. The lowest BCUT2D eigenvalue weighted by Crippen LogP contribution is -2.42. The van der Waals surface area contributed by atoms with Gasteiger partial charge in [0.1, 0.15) is 5.75 Å². The van der Waals surface area contributed by atoms with E-state index < -0.39 is 11.5 Å². The topological polar surface area (TPSA) is 126 Å². The minimum absolute atomic E-state index is 0.0112. The number of benzene rings is 1. The molecule has 1 aromatic carbocycles. The molecule has 0 aliphatic heterocycles. The van der Waals surface area contributed by atoms with E-state index in [0.29, 0.717) is 60.4 Å². The molecule has 0 saturated carbocycles. The molecular formula is C34H46N4O6S. The SMILES string of the molecule is CCNC(=O)CCCCCN(CCN(C)C(=O)CC(C)(C)C1=C(C)C(=O)C(C)=C(C)C1=O)C(=O)Oc1ccc2nc(C)sc2c1. The molecule has 1 aliphatic rings. The van der Waals surface area contributed by atoms with Crippen molar-refractivity contribution in [3.8, 4) is 5.75 Å². The first-order valence-corrected chi connectivity index (χ1v) is 16.3. The first kappa shape index (κ1) is 35.6. The van der Waals surface area contributed by atoms with E-state index in [1.807, 2.05) is 33.8 Å². The Labute approximate surface area is 269 Å². The number of ether oxygens (including phenoxy) is 1. The number of ketones is 2. The molecular weight excluding hydrogens is 592 g/mol. The average Bonchev–Trinajstić information content (AvgIpc) is 3.35. The van der Waals surface area contributed by atoms with Crippen molar-refractivity contribution in [1.29, 1.82) is 0 Å². The van der Waals surface area contributed by atoms with E-state index in [9.17, 15) is 24.0 Å². The lowest BCUT2D eigenvalue weighted by molar-refractivity contribution is -0.132. The lowest BCUT2D eigenvalue weighted by atomic mass is 9.71. The van der Waals surface area contributed by atoms with E-state index in [0.717, 1.165) is 21.6 Å². The Hall–Kier alpha value is -3.86. The van der Waals surface area contributed by atoms with Gasteiger partial charge >= 0.3 is 6.09 Å². The molecule has 3 rings (SSSR count). The number of hydrogen-bond donors (Lipinski definition) is 1. The number of amides is 3. The number of aromatic nitrogens is 1. The number of thiazole rings is 1. The number of carbonyl (C=O) groups excluding carboxylic acids is 5. The fourth-order valence-corrected chi connectivity index (χ4v) is 6.35. The quantitative estimate of drug-likeness (QED) is 0.205. The minimum atomic E-state index is -0.861. The highest BCUT2D eigenvalue weighted by Crippen LogP contribution is 2.39. The van der Waals surface area contributed by atoms with Gasteiger partial charge in [-0.1, -0.05) is 20.3 Å². The van der Waals surface area contributed by atoms with Gasteiger partial charge in [0, 0.05) is 79.8 Å². The molecule has 0 atom stereocenters. The van der Waals surface area contributed by atoms with Crippen LogP contribution in [0.3, 0.4) is 0 Å². The summed E-state index contributed by atoms with van der Waals surface area (Å²) in [6, 6.07) is 5.34. The van der Waals surface area contributed by atoms with E-state index in [1.165, 1.54) is 11.3 Å². The standard InChI is InChI=1S/C34H46N4O6S/c1-9-35-28(39)13-11-10-12-16-38(33(43)44-25-14-15-26-27(19-25)45-24(5)36-26)18-17-37(8)29(40)20-34(6,7)30-23(4)31(41)21(2)22(3)32(30)42/h14-15,19H,9-13,16-18,20H2,1-8H3,(H,35,39). The molecule has 2 aromatic rings. The van der Waals surface area contributed by atoms with Crippen molar-refractivity contribution in [3.05, 3.63) is 45.5 Å². The van der Waals surface area contributed by atoms with Gasteiger partial charge in [0.25, 0.3) is 0 Å². The summed E-state index contributed by atoms with van der Waals surface area (Å²) in [5, 5.41) is 3.71. The first-order chi connectivity index (χ1) is 21.2. The summed E-state index contributed by atoms with van der Waals surface area (Å²) in [5.41, 5.74) is 1.61. The van der Waals surface area contributed by atoms with E-state index in [4.69, 9.17) is 4.74 Å². The molecule has 10 nitrogen and oxygen atoms in total. The smallest absolute Gasteiger partial charge is 0.410 e. The fraction of sp³-hybridized carbons (Fsp3) is 0.529. The van der Waals surface area contributed by atoms with Gasteiger partial charge in [-0.3, -0.25) is 19.2 Å². The van der Waals surface area contributed by atoms with Crippen LogP contribution in [0.25, 0.3) is 10.2 Å². The third-order valence-electron chi connectivity index (χ3n) is 8.22. The predicted octanol–water partition coefficient (Wildman–Crippen LogP) is 5.78. The summed E-state index contributed by atoms with van der Waals surface area (Å²) in [4.78, 5) is 72.0. The van der Waals surface area contributed by atoms with Crippen LogP contribution in [0.4, 0.5) is 4.79 Å². The van der Waals surface area contributed by atoms with Crippen molar-refractivity contribution in [1.82, 2.24) is 20.1 Å². The minimum Gasteiger partial charge on any atom is -0.410 e. The third-order valence-corrected chi connectivity index (χ3v) is 9.16. The van der Waals surface area contributed by atoms with Crippen LogP contribution in [-0.4, -0.2) is 77.5 Å². The second kappa shape index (κ2) is 15.4. The molecule has 3 amide bonds. The summed E-state index contributed by atoms with van der Waals surface area (Å²) in [6.07, 6.45) is 2.06. The summed E-state index contributed by atoms with van der Waals surface area (Å²) in [7, 11) is 1.67. The van der Waals surface area contributed by atoms with Gasteiger partial charge in [0.15, 0.2) is 11.6 Å². The van der Waals surface area contributed by atoms with Crippen molar-refractivity contribution in [2.45, 2.75) is 80.6 Å². The number of Topliss-reactive ketones (excluding diaryl/α,β-unsaturated/α-hetero) is 2. The summed E-state index contributed by atoms with van der Waals surface area (Å²) < 4.78 is 6.67. The predicted molar refractivity (Wildman–Crippen MR) is 176 cm³/mol. The maximum atomic E-state index is 13.4. The Kier molecular flexibility index (Phi) is 12.2. The maximum absolute atomic E-state index is 13.4. The van der Waals surface area contributed by atoms with Crippen LogP contribution in [0.2, 0.25) is 0 Å². The van der Waals surface area contributed by atoms with E-state index >= 15 is 0 Å². The molecule has 0 saturated heterocycles. The Balaban J connectivity index is 1.66. The van der Waals surface area contributed by atoms with E-state index in [1.54, 1.807) is 49.8 Å². The first-order valence-electron chi connectivity index (χ1n) is 15.5. The number of allylic oxidation sites excluding steroid dienone is 4. The van der Waals surface area contributed by atoms with Crippen molar-refractivity contribution >= 4 is 51.0 Å². The number of likely N-dealkylation sites (N-methyl/N-ethyl adjacent to an activating group) is 1. The zero-order valence-corrected chi connectivity index (χ0v) is 28.6. The van der Waals surface area contributed by atoms with Crippen LogP contribution in [0, 0.1) is 12.3 Å². The fourth-order valence-electron chi connectivity index (χ4n) is 5.50. The number of carbonyl (C=O) groups is 5. The third kappa shape index (κ3) is 9.09. The van der Waals surface area contributed by atoms with Gasteiger partial charge in [-0.05, 0) is 59.6 Å². The van der Waals surface area contributed by atoms with Crippen molar-refractivity contribution in [2.24, 2.45) is 5.41 Å². The average molecular weight is 639 g/mol. The van der Waals surface area contributed by atoms with Crippen LogP contribution in [-0.2, 0) is 19.2 Å². The highest BCUT2D eigenvalue weighted by atomic mass is 32.1. The number of unbranched alkanes of at least 4 members (excludes halogenated alkanes) is 2. The van der Waals surface area contributed by atoms with Crippen LogP contribution >= 0.6 is 11.3 Å². The normalized spacial score (nSPS) is 13.9. The Morgan fingerprint density at radius 1 is 0.933 bits per heavy atom. The molecule has 0 unspecified atom stereocenters. The summed E-state index contributed by atoms with van der Waals surface area (Å²) in [6.45, 7) is 13.8. The lowest BCUT2D eigenvalue weighted by Gasteiger charge is -2.33. The second-order valence-electron chi connectivity index (χ2n) is 12.3. The summed E-state index contributed by atoms with van der Waals surface area (Å²) in [5.74, 6) is -0.139. The molecule has 0 spiro atoms. The van der Waals surface area contributed by atoms with Crippen molar-refractivity contribution < 1.29 is 28.7 Å².